The lowest BCUT2D eigenvalue weighted by Crippen LogP contribution is -2.32. The molecule has 2 aromatic rings. The highest BCUT2D eigenvalue weighted by molar-refractivity contribution is 5.91. The Balaban J connectivity index is 1.64. The van der Waals surface area contributed by atoms with Crippen LogP contribution in [-0.2, 0) is 6.42 Å². The van der Waals surface area contributed by atoms with E-state index in [2.05, 4.69) is 15.3 Å². The molecule has 5 nitrogen and oxygen atoms in total. The summed E-state index contributed by atoms with van der Waals surface area (Å²) in [5.74, 6) is -1.11. The van der Waals surface area contributed by atoms with Gasteiger partial charge in [-0.2, -0.15) is 0 Å². The van der Waals surface area contributed by atoms with Crippen LogP contribution in [0.25, 0.3) is 0 Å². The molecule has 7 heteroatoms. The molecule has 0 saturated heterocycles. The number of rotatable bonds is 6. The van der Waals surface area contributed by atoms with Gasteiger partial charge in [0.1, 0.15) is 17.3 Å². The highest BCUT2D eigenvalue weighted by Gasteiger charge is 2.32. The van der Waals surface area contributed by atoms with Crippen LogP contribution >= 0.6 is 0 Å². The normalized spacial score (nSPS) is 15.1. The summed E-state index contributed by atoms with van der Waals surface area (Å²) in [6.45, 7) is 0.358. The van der Waals surface area contributed by atoms with E-state index < -0.39 is 23.1 Å². The van der Waals surface area contributed by atoms with E-state index in [9.17, 15) is 18.4 Å². The van der Waals surface area contributed by atoms with E-state index in [0.29, 0.717) is 24.4 Å². The van der Waals surface area contributed by atoms with Crippen LogP contribution in [0.1, 0.15) is 28.9 Å². The van der Waals surface area contributed by atoms with Gasteiger partial charge in [-0.05, 0) is 42.7 Å². The third-order valence-corrected chi connectivity index (χ3v) is 4.21. The van der Waals surface area contributed by atoms with Crippen molar-refractivity contribution in [2.45, 2.75) is 19.3 Å². The van der Waals surface area contributed by atoms with Crippen molar-refractivity contribution in [3.8, 4) is 0 Å². The topological polar surface area (TPSA) is 74.8 Å². The number of hydrogen-bond donors (Lipinski definition) is 2. The van der Waals surface area contributed by atoms with Gasteiger partial charge in [0, 0.05) is 12.6 Å². The third-order valence-electron chi connectivity index (χ3n) is 4.21. The highest BCUT2D eigenvalue weighted by atomic mass is 19.1. The molecule has 2 N–H and O–H groups in total. The summed E-state index contributed by atoms with van der Waals surface area (Å²) in [5.41, 5.74) is 0.0807. The molecular formula is C17H17F2N3O2. The second-order valence-electron chi connectivity index (χ2n) is 6.06. The average molecular weight is 333 g/mol. The minimum Gasteiger partial charge on any atom is -0.350 e. The molecule has 1 fully saturated rings. The summed E-state index contributed by atoms with van der Waals surface area (Å²) in [7, 11) is 0. The van der Waals surface area contributed by atoms with Crippen LogP contribution < -0.4 is 10.9 Å². The Labute approximate surface area is 137 Å². The molecule has 1 amide bonds. The summed E-state index contributed by atoms with van der Waals surface area (Å²) in [6.07, 6.45) is 4.87. The molecule has 1 aromatic carbocycles. The van der Waals surface area contributed by atoms with E-state index in [1.807, 2.05) is 0 Å². The maximum Gasteiger partial charge on any atom is 0.269 e. The fourth-order valence-electron chi connectivity index (χ4n) is 2.75. The number of carbonyl (C=O) groups is 1. The molecule has 0 spiro atoms. The van der Waals surface area contributed by atoms with Gasteiger partial charge in [0.15, 0.2) is 0 Å². The summed E-state index contributed by atoms with van der Waals surface area (Å²) < 4.78 is 26.8. The van der Waals surface area contributed by atoms with Crippen molar-refractivity contribution in [3.63, 3.8) is 0 Å². The Morgan fingerprint density at radius 2 is 2.12 bits per heavy atom. The Morgan fingerprint density at radius 1 is 1.33 bits per heavy atom. The molecule has 1 atom stereocenters. The highest BCUT2D eigenvalue weighted by Crippen LogP contribution is 2.38. The van der Waals surface area contributed by atoms with Gasteiger partial charge in [-0.15, -0.1) is 0 Å². The van der Waals surface area contributed by atoms with Gasteiger partial charge in [0.25, 0.3) is 11.5 Å². The van der Waals surface area contributed by atoms with E-state index in [1.165, 1.54) is 18.3 Å². The monoisotopic (exact) mass is 333 g/mol. The summed E-state index contributed by atoms with van der Waals surface area (Å²) in [5, 5.41) is 2.75. The molecule has 0 unspecified atom stereocenters. The van der Waals surface area contributed by atoms with Crippen LogP contribution in [0.5, 0.6) is 0 Å². The van der Waals surface area contributed by atoms with Gasteiger partial charge >= 0.3 is 0 Å². The second-order valence-corrected chi connectivity index (χ2v) is 6.06. The van der Waals surface area contributed by atoms with Crippen LogP contribution in [0.4, 0.5) is 8.78 Å². The molecule has 3 rings (SSSR count). The molecule has 1 aliphatic rings. The fourth-order valence-corrected chi connectivity index (χ4v) is 2.75. The third kappa shape index (κ3) is 4.04. The average Bonchev–Trinajstić information content (AvgIpc) is 3.38. The van der Waals surface area contributed by atoms with Crippen molar-refractivity contribution in [1.29, 1.82) is 0 Å². The Bertz CT molecular complexity index is 802. The van der Waals surface area contributed by atoms with Gasteiger partial charge < -0.3 is 10.3 Å². The molecule has 0 bridgehead atoms. The predicted octanol–water partition coefficient (Wildman–Crippen LogP) is 2.05. The van der Waals surface area contributed by atoms with Crippen LogP contribution in [0, 0.1) is 23.5 Å². The van der Waals surface area contributed by atoms with Crippen molar-refractivity contribution >= 4 is 5.91 Å². The van der Waals surface area contributed by atoms with E-state index >= 15 is 0 Å². The molecular weight excluding hydrogens is 316 g/mol. The molecule has 24 heavy (non-hydrogen) atoms. The van der Waals surface area contributed by atoms with E-state index in [4.69, 9.17) is 0 Å². The van der Waals surface area contributed by atoms with Gasteiger partial charge in [0.05, 0.1) is 12.4 Å². The number of aromatic amines is 1. The van der Waals surface area contributed by atoms with Gasteiger partial charge in [-0.25, -0.2) is 8.78 Å². The zero-order chi connectivity index (χ0) is 17.1. The van der Waals surface area contributed by atoms with Crippen LogP contribution in [0.2, 0.25) is 0 Å². The Morgan fingerprint density at radius 3 is 2.79 bits per heavy atom. The standard InChI is InChI=1S/C17H17F2N3O2/c18-13-4-3-11(14(19)6-13)5-12(10-1-2-10)7-21-17(24)15-8-20-9-16(23)22-15/h3-4,6,8-10,12H,1-2,5,7H2,(H,21,24)(H,22,23)/t12-/m0/s1. The molecule has 1 aromatic heterocycles. The number of hydrogen-bond acceptors (Lipinski definition) is 3. The molecule has 0 radical (unpaired) electrons. The smallest absolute Gasteiger partial charge is 0.269 e. The number of carbonyl (C=O) groups excluding carboxylic acids is 1. The number of amides is 1. The lowest BCUT2D eigenvalue weighted by Gasteiger charge is -2.17. The maximum atomic E-state index is 13.8. The Kier molecular flexibility index (Phi) is 4.69. The Hall–Kier alpha value is -2.57. The first kappa shape index (κ1) is 16.3. The molecule has 126 valence electrons. The summed E-state index contributed by atoms with van der Waals surface area (Å²) >= 11 is 0. The predicted molar refractivity (Wildman–Crippen MR) is 83.5 cm³/mol. The largest absolute Gasteiger partial charge is 0.350 e. The minimum atomic E-state index is -0.604. The molecule has 1 heterocycles. The number of aromatic nitrogens is 2. The SMILES string of the molecule is O=C(NC[C@H](Cc1ccc(F)cc1F)C1CC1)c1cncc(=O)[nH]1. The van der Waals surface area contributed by atoms with Gasteiger partial charge in [-0.3, -0.25) is 14.6 Å². The number of nitrogens with zero attached hydrogens (tertiary/aromatic N) is 1. The maximum absolute atomic E-state index is 13.8. The van der Waals surface area contributed by atoms with Gasteiger partial charge in [0.2, 0.25) is 0 Å². The number of H-pyrrole nitrogens is 1. The van der Waals surface area contributed by atoms with Crippen LogP contribution in [0.15, 0.2) is 35.4 Å². The van der Waals surface area contributed by atoms with Crippen LogP contribution in [-0.4, -0.2) is 22.4 Å². The number of halogens is 2. The first-order chi connectivity index (χ1) is 11.5. The fraction of sp³-hybridized carbons (Fsp3) is 0.353. The lowest BCUT2D eigenvalue weighted by molar-refractivity contribution is 0.0939. The minimum absolute atomic E-state index is 0.0669. The summed E-state index contributed by atoms with van der Waals surface area (Å²) in [6, 6.07) is 3.56. The molecule has 0 aliphatic heterocycles. The molecule has 1 saturated carbocycles. The second kappa shape index (κ2) is 6.90. The van der Waals surface area contributed by atoms with Crippen molar-refractivity contribution in [3.05, 3.63) is 63.8 Å². The van der Waals surface area contributed by atoms with Crippen molar-refractivity contribution in [2.75, 3.05) is 6.54 Å². The zero-order valence-corrected chi connectivity index (χ0v) is 12.9. The number of nitrogens with one attached hydrogen (secondary N) is 2. The van der Waals surface area contributed by atoms with Gasteiger partial charge in [-0.1, -0.05) is 6.07 Å². The first-order valence-electron chi connectivity index (χ1n) is 7.79. The summed E-state index contributed by atoms with van der Waals surface area (Å²) in [4.78, 5) is 29.3. The van der Waals surface area contributed by atoms with E-state index in [0.717, 1.165) is 25.1 Å². The van der Waals surface area contributed by atoms with Crippen LogP contribution in [0.3, 0.4) is 0 Å². The van der Waals surface area contributed by atoms with Crippen molar-refractivity contribution < 1.29 is 13.6 Å². The first-order valence-corrected chi connectivity index (χ1v) is 7.79. The van der Waals surface area contributed by atoms with E-state index in [-0.39, 0.29) is 11.6 Å². The lowest BCUT2D eigenvalue weighted by atomic mass is 9.94. The molecule has 1 aliphatic carbocycles. The number of benzene rings is 1. The zero-order valence-electron chi connectivity index (χ0n) is 12.9. The van der Waals surface area contributed by atoms with E-state index in [1.54, 1.807) is 0 Å². The van der Waals surface area contributed by atoms with Crippen molar-refractivity contribution in [1.82, 2.24) is 15.3 Å². The van der Waals surface area contributed by atoms with Crippen molar-refractivity contribution in [2.24, 2.45) is 11.8 Å². The quantitative estimate of drug-likeness (QED) is 0.849.